The maximum absolute atomic E-state index is 13.0. The molecule has 2 aromatic carbocycles. The fourth-order valence-corrected chi connectivity index (χ4v) is 3.36. The van der Waals surface area contributed by atoms with Gasteiger partial charge in [0, 0.05) is 19.2 Å². The molecule has 0 unspecified atom stereocenters. The number of nitrogens with zero attached hydrogens (tertiary/aromatic N) is 1. The number of hydrogen-bond donors (Lipinski definition) is 0. The molecule has 0 aliphatic carbocycles. The molecule has 0 saturated carbocycles. The molecule has 2 aromatic rings. The van der Waals surface area contributed by atoms with Gasteiger partial charge in [0.05, 0.1) is 0 Å². The zero-order valence-electron chi connectivity index (χ0n) is 14.9. The summed E-state index contributed by atoms with van der Waals surface area (Å²) < 4.78 is 5.66. The Morgan fingerprint density at radius 1 is 1.08 bits per heavy atom. The van der Waals surface area contributed by atoms with Crippen molar-refractivity contribution < 1.29 is 9.53 Å². The number of aryl methyl sites for hydroxylation is 1. The molecule has 0 bridgehead atoms. The van der Waals surface area contributed by atoms with Gasteiger partial charge in [0.25, 0.3) is 5.91 Å². The molecule has 0 radical (unpaired) electrons. The molecule has 1 amide bonds. The van der Waals surface area contributed by atoms with Gasteiger partial charge >= 0.3 is 0 Å². The number of rotatable bonds is 7. The highest BCUT2D eigenvalue weighted by Crippen LogP contribution is 2.20. The van der Waals surface area contributed by atoms with E-state index in [1.54, 1.807) is 0 Å². The summed E-state index contributed by atoms with van der Waals surface area (Å²) in [5.41, 5.74) is 2.49. The SMILES string of the molecule is C[C@@H](CCc1ccccc1)N(Cc1ccccc1)C(=O)[C@@H]1CCCO1. The number of hydrogen-bond acceptors (Lipinski definition) is 2. The highest BCUT2D eigenvalue weighted by molar-refractivity contribution is 5.81. The highest BCUT2D eigenvalue weighted by Gasteiger charge is 2.30. The van der Waals surface area contributed by atoms with Gasteiger partial charge in [-0.25, -0.2) is 0 Å². The van der Waals surface area contributed by atoms with Crippen LogP contribution in [-0.4, -0.2) is 29.6 Å². The maximum atomic E-state index is 13.0. The zero-order valence-corrected chi connectivity index (χ0v) is 14.9. The summed E-state index contributed by atoms with van der Waals surface area (Å²) in [7, 11) is 0. The van der Waals surface area contributed by atoms with Crippen LogP contribution >= 0.6 is 0 Å². The Morgan fingerprint density at radius 3 is 2.32 bits per heavy atom. The van der Waals surface area contributed by atoms with E-state index in [1.165, 1.54) is 11.1 Å². The van der Waals surface area contributed by atoms with Crippen molar-refractivity contribution in [2.45, 2.75) is 51.3 Å². The lowest BCUT2D eigenvalue weighted by molar-refractivity contribution is -0.143. The number of carbonyl (C=O) groups is 1. The van der Waals surface area contributed by atoms with E-state index in [2.05, 4.69) is 43.3 Å². The topological polar surface area (TPSA) is 29.5 Å². The van der Waals surface area contributed by atoms with Crippen molar-refractivity contribution in [2.24, 2.45) is 0 Å². The van der Waals surface area contributed by atoms with Crippen molar-refractivity contribution in [2.75, 3.05) is 6.61 Å². The minimum absolute atomic E-state index is 0.141. The average molecular weight is 337 g/mol. The van der Waals surface area contributed by atoms with Crippen LogP contribution in [0.2, 0.25) is 0 Å². The van der Waals surface area contributed by atoms with Crippen LogP contribution in [0.1, 0.15) is 37.3 Å². The van der Waals surface area contributed by atoms with E-state index < -0.39 is 0 Å². The van der Waals surface area contributed by atoms with Crippen molar-refractivity contribution in [3.8, 4) is 0 Å². The molecule has 1 aliphatic heterocycles. The molecular weight excluding hydrogens is 310 g/mol. The van der Waals surface area contributed by atoms with E-state index in [9.17, 15) is 4.79 Å². The molecule has 3 nitrogen and oxygen atoms in total. The summed E-state index contributed by atoms with van der Waals surface area (Å²) in [6.45, 7) is 3.50. The molecule has 1 aliphatic rings. The Bertz CT molecular complexity index is 650. The van der Waals surface area contributed by atoms with Gasteiger partial charge in [-0.1, -0.05) is 60.7 Å². The maximum Gasteiger partial charge on any atom is 0.252 e. The number of ether oxygens (including phenoxy) is 1. The summed E-state index contributed by atoms with van der Waals surface area (Å²) >= 11 is 0. The van der Waals surface area contributed by atoms with E-state index in [-0.39, 0.29) is 18.1 Å². The van der Waals surface area contributed by atoms with Crippen molar-refractivity contribution in [1.82, 2.24) is 4.90 Å². The molecule has 0 N–H and O–H groups in total. The van der Waals surface area contributed by atoms with Gasteiger partial charge in [-0.3, -0.25) is 4.79 Å². The van der Waals surface area contributed by atoms with Crippen LogP contribution in [0, 0.1) is 0 Å². The van der Waals surface area contributed by atoms with E-state index in [1.807, 2.05) is 29.2 Å². The second kappa shape index (κ2) is 8.82. The van der Waals surface area contributed by atoms with Crippen LogP contribution in [0.3, 0.4) is 0 Å². The molecule has 2 atom stereocenters. The summed E-state index contributed by atoms with van der Waals surface area (Å²) in [6, 6.07) is 20.9. The first kappa shape index (κ1) is 17.7. The quantitative estimate of drug-likeness (QED) is 0.757. The third-order valence-corrected chi connectivity index (χ3v) is 4.91. The Balaban J connectivity index is 1.68. The van der Waals surface area contributed by atoms with Crippen LogP contribution in [0.4, 0.5) is 0 Å². The summed E-state index contributed by atoms with van der Waals surface area (Å²) in [6.07, 6.45) is 3.49. The predicted molar refractivity (Wildman–Crippen MR) is 100 cm³/mol. The Hall–Kier alpha value is -2.13. The lowest BCUT2D eigenvalue weighted by atomic mass is 10.0. The van der Waals surface area contributed by atoms with Crippen LogP contribution in [-0.2, 0) is 22.5 Å². The lowest BCUT2D eigenvalue weighted by Gasteiger charge is -2.31. The third-order valence-electron chi connectivity index (χ3n) is 4.91. The molecule has 3 heteroatoms. The second-order valence-electron chi connectivity index (χ2n) is 6.83. The third kappa shape index (κ3) is 4.93. The first-order valence-corrected chi connectivity index (χ1v) is 9.24. The van der Waals surface area contributed by atoms with Gasteiger partial charge in [0.2, 0.25) is 0 Å². The Morgan fingerprint density at radius 2 is 1.72 bits per heavy atom. The predicted octanol–water partition coefficient (Wildman–Crippen LogP) is 4.22. The Kier molecular flexibility index (Phi) is 6.24. The fourth-order valence-electron chi connectivity index (χ4n) is 3.36. The molecule has 1 heterocycles. The molecule has 0 spiro atoms. The number of carbonyl (C=O) groups excluding carboxylic acids is 1. The Labute approximate surface area is 150 Å². The zero-order chi connectivity index (χ0) is 17.5. The van der Waals surface area contributed by atoms with Crippen LogP contribution in [0.15, 0.2) is 60.7 Å². The molecule has 132 valence electrons. The second-order valence-corrected chi connectivity index (χ2v) is 6.83. The van der Waals surface area contributed by atoms with Crippen molar-refractivity contribution >= 4 is 5.91 Å². The van der Waals surface area contributed by atoms with Crippen molar-refractivity contribution in [3.63, 3.8) is 0 Å². The van der Waals surface area contributed by atoms with E-state index >= 15 is 0 Å². The number of amides is 1. The minimum atomic E-state index is -0.261. The molecule has 1 fully saturated rings. The standard InChI is InChI=1S/C22H27NO2/c1-18(14-15-19-9-4-2-5-10-19)23(17-20-11-6-3-7-12-20)22(24)21-13-8-16-25-21/h2-7,9-12,18,21H,8,13-17H2,1H3/t18-,21-/m0/s1. The van der Waals surface area contributed by atoms with Crippen LogP contribution in [0.5, 0.6) is 0 Å². The smallest absolute Gasteiger partial charge is 0.252 e. The fraction of sp³-hybridized carbons (Fsp3) is 0.409. The monoisotopic (exact) mass is 337 g/mol. The largest absolute Gasteiger partial charge is 0.368 e. The van der Waals surface area contributed by atoms with Gasteiger partial charge in [0.1, 0.15) is 6.10 Å². The van der Waals surface area contributed by atoms with E-state index in [4.69, 9.17) is 4.74 Å². The highest BCUT2D eigenvalue weighted by atomic mass is 16.5. The van der Waals surface area contributed by atoms with Gasteiger partial charge < -0.3 is 9.64 Å². The summed E-state index contributed by atoms with van der Waals surface area (Å²) in [5.74, 6) is 0.141. The lowest BCUT2D eigenvalue weighted by Crippen LogP contribution is -2.44. The summed E-state index contributed by atoms with van der Waals surface area (Å²) in [4.78, 5) is 15.0. The first-order valence-electron chi connectivity index (χ1n) is 9.24. The van der Waals surface area contributed by atoms with Crippen LogP contribution in [0.25, 0.3) is 0 Å². The van der Waals surface area contributed by atoms with Gasteiger partial charge in [0.15, 0.2) is 0 Å². The molecule has 1 saturated heterocycles. The molecular formula is C22H27NO2. The average Bonchev–Trinajstić information content (AvgIpc) is 3.20. The normalized spacial score (nSPS) is 18.0. The van der Waals surface area contributed by atoms with Gasteiger partial charge in [-0.15, -0.1) is 0 Å². The minimum Gasteiger partial charge on any atom is -0.368 e. The molecule has 25 heavy (non-hydrogen) atoms. The molecule has 3 rings (SSSR count). The van der Waals surface area contributed by atoms with Gasteiger partial charge in [-0.05, 0) is 43.7 Å². The summed E-state index contributed by atoms with van der Waals surface area (Å²) in [5, 5.41) is 0. The van der Waals surface area contributed by atoms with E-state index in [0.29, 0.717) is 13.2 Å². The van der Waals surface area contributed by atoms with Crippen molar-refractivity contribution in [3.05, 3.63) is 71.8 Å². The van der Waals surface area contributed by atoms with Gasteiger partial charge in [-0.2, -0.15) is 0 Å². The van der Waals surface area contributed by atoms with E-state index in [0.717, 1.165) is 25.7 Å². The van der Waals surface area contributed by atoms with Crippen molar-refractivity contribution in [1.29, 1.82) is 0 Å². The first-order chi connectivity index (χ1) is 12.2. The number of benzene rings is 2. The van der Waals surface area contributed by atoms with Crippen LogP contribution < -0.4 is 0 Å². The molecule has 0 aromatic heterocycles.